The molecule has 78 valence electrons. The van der Waals surface area contributed by atoms with E-state index in [1.807, 2.05) is 0 Å². The number of pyridine rings is 1. The number of carbonyl (C=O) groups is 2. The SMILES string of the molecule is O=C1COCC(=O)N1c1ccncc1Br. The summed E-state index contributed by atoms with van der Waals surface area (Å²) in [4.78, 5) is 28.0. The van der Waals surface area contributed by atoms with E-state index in [1.165, 1.54) is 12.4 Å². The van der Waals surface area contributed by atoms with E-state index in [-0.39, 0.29) is 25.0 Å². The van der Waals surface area contributed by atoms with Crippen LogP contribution in [0.25, 0.3) is 0 Å². The fourth-order valence-corrected chi connectivity index (χ4v) is 1.74. The molecular weight excluding hydrogens is 264 g/mol. The van der Waals surface area contributed by atoms with E-state index in [1.54, 1.807) is 6.07 Å². The highest BCUT2D eigenvalue weighted by atomic mass is 79.9. The third kappa shape index (κ3) is 1.91. The van der Waals surface area contributed by atoms with E-state index >= 15 is 0 Å². The lowest BCUT2D eigenvalue weighted by atomic mass is 10.3. The van der Waals surface area contributed by atoms with Gasteiger partial charge in [0, 0.05) is 12.4 Å². The molecule has 0 atom stereocenters. The molecule has 0 spiro atoms. The molecule has 1 aliphatic rings. The Kier molecular flexibility index (Phi) is 2.79. The van der Waals surface area contributed by atoms with Gasteiger partial charge in [0.05, 0.1) is 10.2 Å². The summed E-state index contributed by atoms with van der Waals surface area (Å²) in [5, 5.41) is 0. The highest BCUT2D eigenvalue weighted by Crippen LogP contribution is 2.26. The molecule has 1 aromatic rings. The first-order valence-corrected chi connectivity index (χ1v) is 5.02. The van der Waals surface area contributed by atoms with Crippen molar-refractivity contribution in [2.45, 2.75) is 0 Å². The zero-order valence-electron chi connectivity index (χ0n) is 7.64. The molecule has 0 bridgehead atoms. The van der Waals surface area contributed by atoms with Crippen LogP contribution in [0.5, 0.6) is 0 Å². The van der Waals surface area contributed by atoms with Gasteiger partial charge in [0.25, 0.3) is 11.8 Å². The minimum Gasteiger partial charge on any atom is -0.362 e. The summed E-state index contributed by atoms with van der Waals surface area (Å²) in [7, 11) is 0. The lowest BCUT2D eigenvalue weighted by Gasteiger charge is -2.25. The zero-order chi connectivity index (χ0) is 10.8. The molecule has 1 fully saturated rings. The molecule has 0 aromatic carbocycles. The number of hydrogen-bond acceptors (Lipinski definition) is 4. The highest BCUT2D eigenvalue weighted by Gasteiger charge is 2.29. The van der Waals surface area contributed by atoms with E-state index in [0.717, 1.165) is 4.90 Å². The fourth-order valence-electron chi connectivity index (χ4n) is 1.31. The molecule has 0 aliphatic carbocycles. The highest BCUT2D eigenvalue weighted by molar-refractivity contribution is 9.10. The number of imide groups is 1. The molecule has 1 aliphatic heterocycles. The average Bonchev–Trinajstić information content (AvgIpc) is 2.20. The lowest BCUT2D eigenvalue weighted by molar-refractivity contribution is -0.138. The maximum atomic E-state index is 11.5. The number of morpholine rings is 1. The third-order valence-electron chi connectivity index (χ3n) is 1.94. The average molecular weight is 271 g/mol. The van der Waals surface area contributed by atoms with Gasteiger partial charge in [0.1, 0.15) is 13.2 Å². The van der Waals surface area contributed by atoms with Crippen molar-refractivity contribution in [3.05, 3.63) is 22.9 Å². The monoisotopic (exact) mass is 270 g/mol. The largest absolute Gasteiger partial charge is 0.362 e. The van der Waals surface area contributed by atoms with Crippen LogP contribution in [0.3, 0.4) is 0 Å². The summed E-state index contributed by atoms with van der Waals surface area (Å²) in [6.07, 6.45) is 3.06. The summed E-state index contributed by atoms with van der Waals surface area (Å²) in [6, 6.07) is 1.60. The van der Waals surface area contributed by atoms with Crippen LogP contribution in [0.4, 0.5) is 5.69 Å². The fraction of sp³-hybridized carbons (Fsp3) is 0.222. The Bertz CT molecular complexity index is 406. The Balaban J connectivity index is 2.40. The van der Waals surface area contributed by atoms with Crippen molar-refractivity contribution >= 4 is 33.4 Å². The summed E-state index contributed by atoms with van der Waals surface area (Å²) in [6.45, 7) is -0.138. The van der Waals surface area contributed by atoms with E-state index in [9.17, 15) is 9.59 Å². The molecule has 6 heteroatoms. The van der Waals surface area contributed by atoms with E-state index < -0.39 is 0 Å². The van der Waals surface area contributed by atoms with Gasteiger partial charge in [-0.05, 0) is 22.0 Å². The third-order valence-corrected chi connectivity index (χ3v) is 2.55. The second-order valence-corrected chi connectivity index (χ2v) is 3.80. The predicted molar refractivity (Wildman–Crippen MR) is 55.2 cm³/mol. The number of nitrogens with zero attached hydrogens (tertiary/aromatic N) is 2. The van der Waals surface area contributed by atoms with Crippen LogP contribution in [0.1, 0.15) is 0 Å². The van der Waals surface area contributed by atoms with Gasteiger partial charge in [-0.15, -0.1) is 0 Å². The normalized spacial score (nSPS) is 17.0. The van der Waals surface area contributed by atoms with Gasteiger partial charge in [-0.2, -0.15) is 0 Å². The maximum absolute atomic E-state index is 11.5. The minimum absolute atomic E-state index is 0.0689. The maximum Gasteiger partial charge on any atom is 0.259 e. The van der Waals surface area contributed by atoms with Crippen LogP contribution in [-0.4, -0.2) is 30.0 Å². The predicted octanol–water partition coefficient (Wildman–Crippen LogP) is 0.734. The summed E-state index contributed by atoms with van der Waals surface area (Å²) in [5.74, 6) is -0.726. The Labute approximate surface area is 94.2 Å². The molecular formula is C9H7BrN2O3. The molecule has 1 aromatic heterocycles. The van der Waals surface area contributed by atoms with Crippen molar-refractivity contribution in [1.29, 1.82) is 0 Å². The van der Waals surface area contributed by atoms with Crippen molar-refractivity contribution in [3.8, 4) is 0 Å². The van der Waals surface area contributed by atoms with Gasteiger partial charge < -0.3 is 4.74 Å². The molecule has 0 N–H and O–H groups in total. The van der Waals surface area contributed by atoms with Gasteiger partial charge in [0.2, 0.25) is 0 Å². The summed E-state index contributed by atoms with van der Waals surface area (Å²) in [5.41, 5.74) is 0.503. The number of aromatic nitrogens is 1. The van der Waals surface area contributed by atoms with E-state index in [4.69, 9.17) is 4.74 Å². The number of hydrogen-bond donors (Lipinski definition) is 0. The van der Waals surface area contributed by atoms with Crippen LogP contribution in [0, 0.1) is 0 Å². The first-order valence-electron chi connectivity index (χ1n) is 4.23. The minimum atomic E-state index is -0.363. The van der Waals surface area contributed by atoms with Crippen LogP contribution in [0.15, 0.2) is 22.9 Å². The Morgan fingerprint density at radius 1 is 1.33 bits per heavy atom. The van der Waals surface area contributed by atoms with Gasteiger partial charge in [-0.25, -0.2) is 4.90 Å². The second-order valence-electron chi connectivity index (χ2n) is 2.94. The molecule has 15 heavy (non-hydrogen) atoms. The number of halogens is 1. The smallest absolute Gasteiger partial charge is 0.259 e. The number of ether oxygens (including phenoxy) is 1. The molecule has 2 amide bonds. The van der Waals surface area contributed by atoms with Crippen molar-refractivity contribution in [1.82, 2.24) is 4.98 Å². The molecule has 5 nitrogen and oxygen atoms in total. The summed E-state index contributed by atoms with van der Waals surface area (Å²) >= 11 is 3.24. The van der Waals surface area contributed by atoms with Crippen molar-refractivity contribution in [3.63, 3.8) is 0 Å². The van der Waals surface area contributed by atoms with Crippen LogP contribution in [-0.2, 0) is 14.3 Å². The van der Waals surface area contributed by atoms with Crippen LogP contribution in [0.2, 0.25) is 0 Å². The standard InChI is InChI=1S/C9H7BrN2O3/c10-6-3-11-2-1-7(6)12-8(13)4-15-5-9(12)14/h1-3H,4-5H2. The number of carbonyl (C=O) groups excluding carboxylic acids is 2. The van der Waals surface area contributed by atoms with Crippen molar-refractivity contribution in [2.75, 3.05) is 18.1 Å². The zero-order valence-corrected chi connectivity index (χ0v) is 9.23. The quantitative estimate of drug-likeness (QED) is 0.707. The molecule has 0 unspecified atom stereocenters. The van der Waals surface area contributed by atoms with Crippen LogP contribution >= 0.6 is 15.9 Å². The molecule has 1 saturated heterocycles. The number of rotatable bonds is 1. The summed E-state index contributed by atoms with van der Waals surface area (Å²) < 4.78 is 5.42. The van der Waals surface area contributed by atoms with E-state index in [2.05, 4.69) is 20.9 Å². The van der Waals surface area contributed by atoms with Gasteiger partial charge in [0.15, 0.2) is 0 Å². The van der Waals surface area contributed by atoms with Gasteiger partial charge in [-0.3, -0.25) is 14.6 Å². The second kappa shape index (κ2) is 4.08. The first kappa shape index (κ1) is 10.3. The van der Waals surface area contributed by atoms with E-state index in [0.29, 0.717) is 10.2 Å². The first-order chi connectivity index (χ1) is 7.20. The molecule has 0 radical (unpaired) electrons. The molecule has 2 rings (SSSR count). The Morgan fingerprint density at radius 3 is 2.60 bits per heavy atom. The molecule has 0 saturated carbocycles. The number of anilines is 1. The van der Waals surface area contributed by atoms with Crippen molar-refractivity contribution in [2.24, 2.45) is 0 Å². The van der Waals surface area contributed by atoms with Gasteiger partial charge in [-0.1, -0.05) is 0 Å². The Morgan fingerprint density at radius 2 is 2.00 bits per heavy atom. The number of amides is 2. The Hall–Kier alpha value is -1.27. The lowest BCUT2D eigenvalue weighted by Crippen LogP contribution is -2.46. The van der Waals surface area contributed by atoms with Crippen molar-refractivity contribution < 1.29 is 14.3 Å². The van der Waals surface area contributed by atoms with Gasteiger partial charge >= 0.3 is 0 Å². The van der Waals surface area contributed by atoms with Crippen LogP contribution < -0.4 is 4.90 Å². The molecule has 2 heterocycles. The topological polar surface area (TPSA) is 59.5 Å².